The third-order valence-corrected chi connectivity index (χ3v) is 5.21. The Balaban J connectivity index is 1.88. The standard InChI is InChI=1S/C24H25Br/c25-19-11-2-1-4-12-21-15-7-8-16-22(21)24-18-10-9-17-23(24)20-13-5-3-6-14-20/h3,5-10,13-18H,1-2,4,11-12,19H2. The number of alkyl halides is 1. The van der Waals surface area contributed by atoms with E-state index in [-0.39, 0.29) is 0 Å². The fourth-order valence-electron chi connectivity index (χ4n) is 3.35. The third-order valence-electron chi connectivity index (χ3n) is 4.65. The van der Waals surface area contributed by atoms with Crippen LogP contribution < -0.4 is 0 Å². The van der Waals surface area contributed by atoms with Gasteiger partial charge in [0.05, 0.1) is 0 Å². The second kappa shape index (κ2) is 9.58. The predicted octanol–water partition coefficient (Wildman–Crippen LogP) is 7.52. The van der Waals surface area contributed by atoms with Gasteiger partial charge in [0.15, 0.2) is 0 Å². The zero-order valence-corrected chi connectivity index (χ0v) is 16.2. The molecule has 0 spiro atoms. The van der Waals surface area contributed by atoms with Gasteiger partial charge in [0, 0.05) is 5.33 Å². The quantitative estimate of drug-likeness (QED) is 0.274. The Bertz CT molecular complexity index is 777. The van der Waals surface area contributed by atoms with Crippen LogP contribution in [0.3, 0.4) is 0 Å². The van der Waals surface area contributed by atoms with Gasteiger partial charge in [0.2, 0.25) is 0 Å². The van der Waals surface area contributed by atoms with Crippen LogP contribution in [-0.4, -0.2) is 5.33 Å². The summed E-state index contributed by atoms with van der Waals surface area (Å²) in [5.74, 6) is 0. The van der Waals surface area contributed by atoms with Crippen molar-refractivity contribution in [2.24, 2.45) is 0 Å². The molecule has 3 aromatic carbocycles. The molecule has 0 saturated heterocycles. The molecule has 0 nitrogen and oxygen atoms in total. The van der Waals surface area contributed by atoms with Gasteiger partial charge in [-0.2, -0.15) is 0 Å². The Morgan fingerprint density at radius 1 is 0.520 bits per heavy atom. The van der Waals surface area contributed by atoms with E-state index in [9.17, 15) is 0 Å². The summed E-state index contributed by atoms with van der Waals surface area (Å²) in [7, 11) is 0. The lowest BCUT2D eigenvalue weighted by atomic mass is 9.90. The number of benzene rings is 3. The molecular weight excluding hydrogens is 368 g/mol. The maximum Gasteiger partial charge on any atom is 0.00313 e. The van der Waals surface area contributed by atoms with Crippen LogP contribution in [0.2, 0.25) is 0 Å². The van der Waals surface area contributed by atoms with Crippen LogP contribution >= 0.6 is 15.9 Å². The fraction of sp³-hybridized carbons (Fsp3) is 0.250. The molecule has 3 aromatic rings. The van der Waals surface area contributed by atoms with E-state index in [1.54, 1.807) is 0 Å². The van der Waals surface area contributed by atoms with Gasteiger partial charge in [-0.3, -0.25) is 0 Å². The van der Waals surface area contributed by atoms with E-state index >= 15 is 0 Å². The van der Waals surface area contributed by atoms with E-state index in [4.69, 9.17) is 0 Å². The Morgan fingerprint density at radius 3 is 1.88 bits per heavy atom. The molecule has 0 unspecified atom stereocenters. The maximum absolute atomic E-state index is 3.52. The fourth-order valence-corrected chi connectivity index (χ4v) is 3.75. The molecule has 0 radical (unpaired) electrons. The van der Waals surface area contributed by atoms with Crippen LogP contribution in [0.4, 0.5) is 0 Å². The molecule has 0 heterocycles. The van der Waals surface area contributed by atoms with Crippen molar-refractivity contribution in [1.82, 2.24) is 0 Å². The molecule has 0 aliphatic rings. The number of hydrogen-bond acceptors (Lipinski definition) is 0. The largest absolute Gasteiger partial charge is 0.0928 e. The lowest BCUT2D eigenvalue weighted by molar-refractivity contribution is 0.672. The van der Waals surface area contributed by atoms with Crippen LogP contribution in [0.15, 0.2) is 78.9 Å². The molecule has 0 saturated carbocycles. The van der Waals surface area contributed by atoms with Gasteiger partial charge >= 0.3 is 0 Å². The molecule has 1 heteroatoms. The highest BCUT2D eigenvalue weighted by Gasteiger charge is 2.10. The summed E-state index contributed by atoms with van der Waals surface area (Å²) in [6.45, 7) is 0. The van der Waals surface area contributed by atoms with E-state index in [1.165, 1.54) is 53.5 Å². The molecule has 0 amide bonds. The highest BCUT2D eigenvalue weighted by atomic mass is 79.9. The Morgan fingerprint density at radius 2 is 1.12 bits per heavy atom. The zero-order chi connectivity index (χ0) is 17.3. The van der Waals surface area contributed by atoms with E-state index in [1.807, 2.05) is 0 Å². The van der Waals surface area contributed by atoms with Gasteiger partial charge in [-0.1, -0.05) is 108 Å². The van der Waals surface area contributed by atoms with Crippen molar-refractivity contribution in [1.29, 1.82) is 0 Å². The van der Waals surface area contributed by atoms with Crippen molar-refractivity contribution >= 4 is 15.9 Å². The molecule has 0 N–H and O–H groups in total. The zero-order valence-electron chi connectivity index (χ0n) is 14.6. The molecule has 0 aliphatic carbocycles. The SMILES string of the molecule is BrCCCCCCc1ccccc1-c1ccccc1-c1ccccc1. The van der Waals surface area contributed by atoms with Crippen molar-refractivity contribution in [2.45, 2.75) is 32.1 Å². The number of hydrogen-bond donors (Lipinski definition) is 0. The minimum Gasteiger partial charge on any atom is -0.0928 e. The predicted molar refractivity (Wildman–Crippen MR) is 113 cm³/mol. The summed E-state index contributed by atoms with van der Waals surface area (Å²) in [5, 5.41) is 1.12. The highest BCUT2D eigenvalue weighted by Crippen LogP contribution is 2.34. The lowest BCUT2D eigenvalue weighted by Gasteiger charge is -2.14. The van der Waals surface area contributed by atoms with Crippen LogP contribution in [0.1, 0.15) is 31.2 Å². The summed E-state index contributed by atoms with van der Waals surface area (Å²) in [6, 6.07) is 28.4. The van der Waals surface area contributed by atoms with E-state index in [0.29, 0.717) is 0 Å². The number of rotatable bonds is 8. The van der Waals surface area contributed by atoms with Crippen molar-refractivity contribution in [3.63, 3.8) is 0 Å². The van der Waals surface area contributed by atoms with Crippen molar-refractivity contribution in [2.75, 3.05) is 5.33 Å². The first-order chi connectivity index (χ1) is 12.4. The monoisotopic (exact) mass is 392 g/mol. The summed E-state index contributed by atoms with van der Waals surface area (Å²) < 4.78 is 0. The molecule has 0 bridgehead atoms. The average Bonchev–Trinajstić information content (AvgIpc) is 2.69. The number of aryl methyl sites for hydroxylation is 1. The molecule has 0 fully saturated rings. The van der Waals surface area contributed by atoms with Gasteiger partial charge in [-0.25, -0.2) is 0 Å². The van der Waals surface area contributed by atoms with Crippen molar-refractivity contribution < 1.29 is 0 Å². The topological polar surface area (TPSA) is 0 Å². The van der Waals surface area contributed by atoms with Crippen LogP contribution in [0.5, 0.6) is 0 Å². The van der Waals surface area contributed by atoms with Gasteiger partial charge in [0.1, 0.15) is 0 Å². The second-order valence-electron chi connectivity index (χ2n) is 6.42. The molecular formula is C24H25Br. The lowest BCUT2D eigenvalue weighted by Crippen LogP contribution is -1.93. The summed E-state index contributed by atoms with van der Waals surface area (Å²) in [4.78, 5) is 0. The average molecular weight is 393 g/mol. The van der Waals surface area contributed by atoms with Crippen LogP contribution in [0.25, 0.3) is 22.3 Å². The first-order valence-electron chi connectivity index (χ1n) is 9.19. The van der Waals surface area contributed by atoms with E-state index in [2.05, 4.69) is 94.8 Å². The number of halogens is 1. The molecule has 3 rings (SSSR count). The van der Waals surface area contributed by atoms with Crippen molar-refractivity contribution in [3.8, 4) is 22.3 Å². The molecule has 25 heavy (non-hydrogen) atoms. The molecule has 0 aromatic heterocycles. The maximum atomic E-state index is 3.52. The second-order valence-corrected chi connectivity index (χ2v) is 7.21. The van der Waals surface area contributed by atoms with Gasteiger partial charge in [0.25, 0.3) is 0 Å². The van der Waals surface area contributed by atoms with E-state index < -0.39 is 0 Å². The van der Waals surface area contributed by atoms with Crippen molar-refractivity contribution in [3.05, 3.63) is 84.4 Å². The Hall–Kier alpha value is -1.86. The minimum absolute atomic E-state index is 1.12. The normalized spacial score (nSPS) is 10.8. The van der Waals surface area contributed by atoms with Crippen LogP contribution in [0, 0.1) is 0 Å². The summed E-state index contributed by atoms with van der Waals surface area (Å²) >= 11 is 3.52. The van der Waals surface area contributed by atoms with Crippen LogP contribution in [-0.2, 0) is 6.42 Å². The minimum atomic E-state index is 1.12. The first kappa shape index (κ1) is 17.9. The molecule has 0 atom stereocenters. The Labute approximate surface area is 160 Å². The summed E-state index contributed by atoms with van der Waals surface area (Å²) in [6.07, 6.45) is 6.31. The smallest absolute Gasteiger partial charge is 0.00313 e. The third kappa shape index (κ3) is 4.83. The number of unbranched alkanes of at least 4 members (excludes halogenated alkanes) is 3. The first-order valence-corrected chi connectivity index (χ1v) is 10.3. The highest BCUT2D eigenvalue weighted by molar-refractivity contribution is 9.09. The van der Waals surface area contributed by atoms with Gasteiger partial charge in [-0.05, 0) is 47.1 Å². The summed E-state index contributed by atoms with van der Waals surface area (Å²) in [5.41, 5.74) is 6.77. The van der Waals surface area contributed by atoms with Gasteiger partial charge in [-0.15, -0.1) is 0 Å². The van der Waals surface area contributed by atoms with E-state index in [0.717, 1.165) is 11.8 Å². The Kier molecular flexibility index (Phi) is 6.88. The molecule has 0 aliphatic heterocycles. The molecule has 128 valence electrons. The van der Waals surface area contributed by atoms with Gasteiger partial charge < -0.3 is 0 Å².